The zero-order chi connectivity index (χ0) is 23.9. The summed E-state index contributed by atoms with van der Waals surface area (Å²) >= 11 is 5.85. The van der Waals surface area contributed by atoms with Gasteiger partial charge in [0.05, 0.1) is 17.4 Å². The summed E-state index contributed by atoms with van der Waals surface area (Å²) in [5.41, 5.74) is 1.34. The van der Waals surface area contributed by atoms with Gasteiger partial charge in [-0.3, -0.25) is 9.69 Å². The number of alkyl halides is 3. The molecule has 1 aliphatic carbocycles. The second kappa shape index (κ2) is 9.07. The maximum absolute atomic E-state index is 13.9. The summed E-state index contributed by atoms with van der Waals surface area (Å²) < 4.78 is 42.5. The molecule has 0 spiro atoms. The second-order valence-electron chi connectivity index (χ2n) is 8.85. The number of nitrogens with zero attached hydrogens (tertiary/aromatic N) is 3. The van der Waals surface area contributed by atoms with Gasteiger partial charge in [-0.05, 0) is 73.2 Å². The Hall–Kier alpha value is -2.84. The summed E-state index contributed by atoms with van der Waals surface area (Å²) in [4.78, 5) is 15.4. The summed E-state index contributed by atoms with van der Waals surface area (Å²) in [6.45, 7) is 1.98. The van der Waals surface area contributed by atoms with Gasteiger partial charge in [-0.2, -0.15) is 18.3 Å². The highest BCUT2D eigenvalue weighted by Gasteiger charge is 2.40. The molecule has 178 valence electrons. The number of fused-ring (bicyclic) bond motifs is 1. The fourth-order valence-electron chi connectivity index (χ4n) is 4.70. The van der Waals surface area contributed by atoms with Crippen molar-refractivity contribution >= 4 is 23.2 Å². The van der Waals surface area contributed by atoms with Gasteiger partial charge < -0.3 is 5.32 Å². The van der Waals surface area contributed by atoms with E-state index in [2.05, 4.69) is 15.3 Å². The first kappa shape index (κ1) is 22.9. The Labute approximate surface area is 200 Å². The SMILES string of the molecule is O=C(Nc1ccc2c(c1)CCN(C1CCC1)CC2)c1cnn(-c2ccc(Cl)cc2)c1C(F)(F)F. The average molecular weight is 489 g/mol. The van der Waals surface area contributed by atoms with Crippen molar-refractivity contribution in [3.63, 3.8) is 0 Å². The second-order valence-corrected chi connectivity index (χ2v) is 9.29. The van der Waals surface area contributed by atoms with Crippen molar-refractivity contribution in [3.05, 3.63) is 76.1 Å². The third-order valence-corrected chi connectivity index (χ3v) is 7.00. The minimum Gasteiger partial charge on any atom is -0.322 e. The maximum atomic E-state index is 13.9. The van der Waals surface area contributed by atoms with Crippen molar-refractivity contribution in [2.24, 2.45) is 0 Å². The summed E-state index contributed by atoms with van der Waals surface area (Å²) in [6, 6.07) is 12.1. The van der Waals surface area contributed by atoms with Crippen molar-refractivity contribution in [2.45, 2.75) is 44.3 Å². The van der Waals surface area contributed by atoms with Gasteiger partial charge in [0.2, 0.25) is 0 Å². The molecule has 0 saturated heterocycles. The summed E-state index contributed by atoms with van der Waals surface area (Å²) in [7, 11) is 0. The molecule has 5 rings (SSSR count). The minimum atomic E-state index is -4.78. The minimum absolute atomic E-state index is 0.164. The molecule has 1 aromatic heterocycles. The van der Waals surface area contributed by atoms with Crippen molar-refractivity contribution in [1.82, 2.24) is 14.7 Å². The van der Waals surface area contributed by atoms with E-state index in [-0.39, 0.29) is 5.69 Å². The molecular formula is C25H24ClF3N4O. The molecule has 0 bridgehead atoms. The number of rotatable bonds is 4. The number of carbonyl (C=O) groups is 1. The summed E-state index contributed by atoms with van der Waals surface area (Å²) in [5.74, 6) is -0.850. The number of hydrogen-bond donors (Lipinski definition) is 1. The summed E-state index contributed by atoms with van der Waals surface area (Å²) in [6.07, 6.45) is 1.77. The van der Waals surface area contributed by atoms with Crippen molar-refractivity contribution in [2.75, 3.05) is 18.4 Å². The lowest BCUT2D eigenvalue weighted by Gasteiger charge is -2.36. The average Bonchev–Trinajstić information content (AvgIpc) is 3.12. The molecule has 1 aliphatic heterocycles. The normalized spacial score (nSPS) is 17.1. The summed E-state index contributed by atoms with van der Waals surface area (Å²) in [5, 5.41) is 6.89. The molecule has 0 unspecified atom stereocenters. The van der Waals surface area contributed by atoms with Crippen LogP contribution in [0.5, 0.6) is 0 Å². The topological polar surface area (TPSA) is 50.2 Å². The van der Waals surface area contributed by atoms with Gasteiger partial charge in [0, 0.05) is 29.8 Å². The molecule has 0 atom stereocenters. The van der Waals surface area contributed by atoms with Crippen LogP contribution in [0.25, 0.3) is 5.69 Å². The van der Waals surface area contributed by atoms with E-state index in [0.29, 0.717) is 16.8 Å². The quantitative estimate of drug-likeness (QED) is 0.508. The first-order valence-electron chi connectivity index (χ1n) is 11.4. The number of amides is 1. The molecule has 1 N–H and O–H groups in total. The molecule has 2 aliphatic rings. The van der Waals surface area contributed by atoms with E-state index in [9.17, 15) is 18.0 Å². The first-order valence-corrected chi connectivity index (χ1v) is 11.8. The van der Waals surface area contributed by atoms with Gasteiger partial charge in [-0.25, -0.2) is 4.68 Å². The monoisotopic (exact) mass is 488 g/mol. The van der Waals surface area contributed by atoms with Gasteiger partial charge in [0.25, 0.3) is 5.91 Å². The number of anilines is 1. The zero-order valence-corrected chi connectivity index (χ0v) is 19.2. The van der Waals surface area contributed by atoms with Crippen LogP contribution < -0.4 is 5.32 Å². The molecular weight excluding hydrogens is 465 g/mol. The number of benzene rings is 2. The highest BCUT2D eigenvalue weighted by atomic mass is 35.5. The molecule has 1 fully saturated rings. The molecule has 5 nitrogen and oxygen atoms in total. The number of aromatic nitrogens is 2. The Bertz CT molecular complexity index is 1200. The Balaban J connectivity index is 1.38. The van der Waals surface area contributed by atoms with Gasteiger partial charge in [0.15, 0.2) is 5.69 Å². The molecule has 1 amide bonds. The van der Waals surface area contributed by atoms with E-state index >= 15 is 0 Å². The van der Waals surface area contributed by atoms with E-state index in [0.717, 1.165) is 42.4 Å². The van der Waals surface area contributed by atoms with Gasteiger partial charge in [0.1, 0.15) is 0 Å². The van der Waals surface area contributed by atoms with Gasteiger partial charge in [-0.1, -0.05) is 24.1 Å². The van der Waals surface area contributed by atoms with E-state index in [1.165, 1.54) is 49.1 Å². The molecule has 2 aromatic carbocycles. The fourth-order valence-corrected chi connectivity index (χ4v) is 4.83. The number of hydrogen-bond acceptors (Lipinski definition) is 3. The molecule has 2 heterocycles. The Morgan fingerprint density at radius 1 is 1.03 bits per heavy atom. The van der Waals surface area contributed by atoms with Crippen LogP contribution in [0.1, 0.15) is 46.4 Å². The van der Waals surface area contributed by atoms with E-state index in [4.69, 9.17) is 11.6 Å². The lowest BCUT2D eigenvalue weighted by molar-refractivity contribution is -0.143. The molecule has 0 radical (unpaired) electrons. The zero-order valence-electron chi connectivity index (χ0n) is 18.4. The van der Waals surface area contributed by atoms with Crippen LogP contribution in [0.4, 0.5) is 18.9 Å². The maximum Gasteiger partial charge on any atom is 0.434 e. The Morgan fingerprint density at radius 2 is 1.74 bits per heavy atom. The van der Waals surface area contributed by atoms with E-state index in [1.54, 1.807) is 6.07 Å². The Morgan fingerprint density at radius 3 is 2.38 bits per heavy atom. The molecule has 3 aromatic rings. The van der Waals surface area contributed by atoms with Crippen LogP contribution in [0.2, 0.25) is 5.02 Å². The van der Waals surface area contributed by atoms with Crippen LogP contribution in [-0.2, 0) is 19.0 Å². The van der Waals surface area contributed by atoms with Crippen LogP contribution in [0, 0.1) is 0 Å². The van der Waals surface area contributed by atoms with Crippen LogP contribution >= 0.6 is 11.6 Å². The first-order chi connectivity index (χ1) is 16.3. The van der Waals surface area contributed by atoms with Crippen molar-refractivity contribution in [1.29, 1.82) is 0 Å². The van der Waals surface area contributed by atoms with Gasteiger partial charge >= 0.3 is 6.18 Å². The highest BCUT2D eigenvalue weighted by Crippen LogP contribution is 2.34. The van der Waals surface area contributed by atoms with Crippen molar-refractivity contribution in [3.8, 4) is 5.69 Å². The predicted molar refractivity (Wildman–Crippen MR) is 125 cm³/mol. The van der Waals surface area contributed by atoms with Crippen molar-refractivity contribution < 1.29 is 18.0 Å². The number of halogens is 4. The third-order valence-electron chi connectivity index (χ3n) is 6.75. The largest absolute Gasteiger partial charge is 0.434 e. The lowest BCUT2D eigenvalue weighted by Crippen LogP contribution is -2.41. The van der Waals surface area contributed by atoms with Gasteiger partial charge in [-0.15, -0.1) is 0 Å². The Kier molecular flexibility index (Phi) is 6.12. The standard InChI is InChI=1S/C25H24ClF3N4O/c26-18-5-8-21(9-6-18)33-23(25(27,28)29)22(15-30-33)24(34)31-19-7-4-16-10-12-32(20-2-1-3-20)13-11-17(16)14-19/h4-9,14-15,20H,1-3,10-13H2,(H,31,34). The number of carbonyl (C=O) groups excluding carboxylic acids is 1. The smallest absolute Gasteiger partial charge is 0.322 e. The molecule has 9 heteroatoms. The fraction of sp³-hybridized carbons (Fsp3) is 0.360. The number of nitrogens with one attached hydrogen (secondary N) is 1. The lowest BCUT2D eigenvalue weighted by atomic mass is 9.91. The third kappa shape index (κ3) is 4.57. The van der Waals surface area contributed by atoms with E-state index < -0.39 is 23.3 Å². The molecule has 1 saturated carbocycles. The van der Waals surface area contributed by atoms with Crippen LogP contribution in [0.3, 0.4) is 0 Å². The van der Waals surface area contributed by atoms with Crippen LogP contribution in [-0.4, -0.2) is 39.7 Å². The van der Waals surface area contributed by atoms with Crippen LogP contribution in [0.15, 0.2) is 48.7 Å². The highest BCUT2D eigenvalue weighted by molar-refractivity contribution is 6.30. The molecule has 34 heavy (non-hydrogen) atoms. The van der Waals surface area contributed by atoms with E-state index in [1.807, 2.05) is 12.1 Å². The predicted octanol–water partition coefficient (Wildman–Crippen LogP) is 5.75.